The average Bonchev–Trinajstić information content (AvgIpc) is 3.14. The number of nitrogens with zero attached hydrogens (tertiary/aromatic N) is 2. The highest BCUT2D eigenvalue weighted by Crippen LogP contribution is 2.25. The number of para-hydroxylation sites is 2. The van der Waals surface area contributed by atoms with E-state index in [2.05, 4.69) is 22.0 Å². The molecule has 1 amide bonds. The molecule has 4 rings (SSSR count). The molecule has 0 aliphatic heterocycles. The topological polar surface area (TPSA) is 107 Å². The Balaban J connectivity index is 1.47. The summed E-state index contributed by atoms with van der Waals surface area (Å²) in [5, 5.41) is 8.64. The van der Waals surface area contributed by atoms with E-state index < -0.39 is 10.0 Å². The van der Waals surface area contributed by atoms with E-state index in [4.69, 9.17) is 10.1 Å². The average molecular weight is 467 g/mol. The number of hydrogen-bond donors (Lipinski definition) is 2. The van der Waals surface area contributed by atoms with Gasteiger partial charge < -0.3 is 9.88 Å². The molecule has 0 atom stereocenters. The molecule has 0 spiro atoms. The normalized spacial score (nSPS) is 11.5. The quantitative estimate of drug-likeness (QED) is 0.386. The molecular formula is C23H22N4O3S2. The van der Waals surface area contributed by atoms with E-state index in [0.29, 0.717) is 5.69 Å². The smallest absolute Gasteiger partial charge is 0.238 e. The van der Waals surface area contributed by atoms with E-state index in [1.165, 1.54) is 35.5 Å². The number of nitrogens with one attached hydrogen (secondary N) is 1. The third-order valence-corrected chi connectivity index (χ3v) is 6.75. The SMILES string of the molecule is NS(=O)(=O)c1cccc(NC(=O)CSc2nc3ccccc3n2CCc2ccccc2)c1. The molecule has 4 aromatic rings. The van der Waals surface area contributed by atoms with Gasteiger partial charge in [0.05, 0.1) is 21.7 Å². The number of aromatic nitrogens is 2. The first kappa shape index (κ1) is 22.1. The Labute approximate surface area is 190 Å². The molecule has 0 aliphatic rings. The van der Waals surface area contributed by atoms with Gasteiger partial charge in [0, 0.05) is 12.2 Å². The summed E-state index contributed by atoms with van der Waals surface area (Å²) in [4.78, 5) is 17.2. The van der Waals surface area contributed by atoms with Gasteiger partial charge in [-0.25, -0.2) is 18.5 Å². The summed E-state index contributed by atoms with van der Waals surface area (Å²) >= 11 is 1.34. The standard InChI is InChI=1S/C23H22N4O3S2/c24-32(29,30)19-10-6-9-18(15-19)25-22(28)16-31-23-26-20-11-4-5-12-21(20)27(23)14-13-17-7-2-1-3-8-17/h1-12,15H,13-14,16H2,(H,25,28)(H2,24,29,30). The number of fused-ring (bicyclic) bond motifs is 1. The molecule has 1 aromatic heterocycles. The minimum absolute atomic E-state index is 0.0503. The second-order valence-electron chi connectivity index (χ2n) is 7.18. The van der Waals surface area contributed by atoms with Crippen LogP contribution in [-0.4, -0.2) is 29.6 Å². The Bertz CT molecular complexity index is 1350. The summed E-state index contributed by atoms with van der Waals surface area (Å²) in [7, 11) is -3.84. The van der Waals surface area contributed by atoms with Crippen molar-refractivity contribution in [2.75, 3.05) is 11.1 Å². The number of hydrogen-bond acceptors (Lipinski definition) is 5. The largest absolute Gasteiger partial charge is 0.325 e. The molecule has 3 aromatic carbocycles. The fraction of sp³-hybridized carbons (Fsp3) is 0.130. The Morgan fingerprint density at radius 1 is 1.00 bits per heavy atom. The summed E-state index contributed by atoms with van der Waals surface area (Å²) in [6.07, 6.45) is 0.849. The summed E-state index contributed by atoms with van der Waals surface area (Å²) < 4.78 is 25.2. The number of carbonyl (C=O) groups excluding carboxylic acids is 1. The summed E-state index contributed by atoms with van der Waals surface area (Å²) in [5.41, 5.74) is 3.50. The monoisotopic (exact) mass is 466 g/mol. The predicted octanol–water partition coefficient (Wildman–Crippen LogP) is 3.66. The summed E-state index contributed by atoms with van der Waals surface area (Å²) in [5.74, 6) is -0.128. The number of aryl methyl sites for hydroxylation is 2. The van der Waals surface area contributed by atoms with Crippen LogP contribution in [0, 0.1) is 0 Å². The van der Waals surface area contributed by atoms with Gasteiger partial charge >= 0.3 is 0 Å². The van der Waals surface area contributed by atoms with E-state index in [0.717, 1.165) is 29.2 Å². The van der Waals surface area contributed by atoms with Gasteiger partial charge in [-0.1, -0.05) is 60.3 Å². The van der Waals surface area contributed by atoms with E-state index >= 15 is 0 Å². The lowest BCUT2D eigenvalue weighted by molar-refractivity contribution is -0.113. The molecule has 7 nitrogen and oxygen atoms in total. The van der Waals surface area contributed by atoms with Crippen molar-refractivity contribution < 1.29 is 13.2 Å². The maximum Gasteiger partial charge on any atom is 0.238 e. The van der Waals surface area contributed by atoms with Gasteiger partial charge in [0.2, 0.25) is 15.9 Å². The maximum absolute atomic E-state index is 12.5. The molecule has 0 saturated heterocycles. The van der Waals surface area contributed by atoms with Gasteiger partial charge in [0.25, 0.3) is 0 Å². The molecule has 164 valence electrons. The lowest BCUT2D eigenvalue weighted by atomic mass is 10.1. The van der Waals surface area contributed by atoms with Crippen LogP contribution in [0.4, 0.5) is 5.69 Å². The summed E-state index contributed by atoms with van der Waals surface area (Å²) in [6, 6.07) is 24.0. The number of nitrogens with two attached hydrogens (primary N) is 1. The van der Waals surface area contributed by atoms with Crippen LogP contribution in [0.25, 0.3) is 11.0 Å². The highest BCUT2D eigenvalue weighted by Gasteiger charge is 2.14. The van der Waals surface area contributed by atoms with Gasteiger partial charge in [0.1, 0.15) is 0 Å². The van der Waals surface area contributed by atoms with Crippen LogP contribution in [-0.2, 0) is 27.8 Å². The zero-order chi connectivity index (χ0) is 22.6. The minimum Gasteiger partial charge on any atom is -0.325 e. The molecule has 0 fully saturated rings. The van der Waals surface area contributed by atoms with Gasteiger partial charge in [-0.05, 0) is 42.3 Å². The number of anilines is 1. The van der Waals surface area contributed by atoms with Gasteiger partial charge in [-0.2, -0.15) is 0 Å². The van der Waals surface area contributed by atoms with E-state index in [1.807, 2.05) is 42.5 Å². The number of thioether (sulfide) groups is 1. The second kappa shape index (κ2) is 9.56. The van der Waals surface area contributed by atoms with Crippen molar-refractivity contribution in [3.8, 4) is 0 Å². The number of sulfonamides is 1. The third-order valence-electron chi connectivity index (χ3n) is 4.87. The molecule has 0 aliphatic carbocycles. The first-order chi connectivity index (χ1) is 15.4. The Hall–Kier alpha value is -3.14. The van der Waals surface area contributed by atoms with Crippen LogP contribution in [0.15, 0.2) is 88.9 Å². The van der Waals surface area contributed by atoms with Gasteiger partial charge in [-0.3, -0.25) is 4.79 Å². The zero-order valence-corrected chi connectivity index (χ0v) is 18.8. The van der Waals surface area contributed by atoms with Crippen LogP contribution in [0.3, 0.4) is 0 Å². The van der Waals surface area contributed by atoms with E-state index in [1.54, 1.807) is 6.07 Å². The predicted molar refractivity (Wildman–Crippen MR) is 127 cm³/mol. The maximum atomic E-state index is 12.5. The number of carbonyl (C=O) groups is 1. The number of benzene rings is 3. The Morgan fingerprint density at radius 3 is 2.53 bits per heavy atom. The fourth-order valence-corrected chi connectivity index (χ4v) is 4.74. The molecule has 0 unspecified atom stereocenters. The third kappa shape index (κ3) is 5.37. The summed E-state index contributed by atoms with van der Waals surface area (Å²) in [6.45, 7) is 0.741. The van der Waals surface area contributed by atoms with E-state index in [-0.39, 0.29) is 16.6 Å². The number of rotatable bonds is 8. The molecule has 0 bridgehead atoms. The highest BCUT2D eigenvalue weighted by molar-refractivity contribution is 7.99. The van der Waals surface area contributed by atoms with Gasteiger partial charge in [0.15, 0.2) is 5.16 Å². The van der Waals surface area contributed by atoms with Crippen molar-refractivity contribution in [2.24, 2.45) is 5.14 Å². The molecule has 9 heteroatoms. The Kier molecular flexibility index (Phi) is 6.59. The van der Waals surface area contributed by atoms with Crippen LogP contribution in [0.1, 0.15) is 5.56 Å². The van der Waals surface area contributed by atoms with Crippen molar-refractivity contribution in [3.05, 3.63) is 84.4 Å². The molecule has 32 heavy (non-hydrogen) atoms. The number of amides is 1. The number of imidazole rings is 1. The Morgan fingerprint density at radius 2 is 1.75 bits per heavy atom. The van der Waals surface area contributed by atoms with Gasteiger partial charge in [-0.15, -0.1) is 0 Å². The van der Waals surface area contributed by atoms with Crippen molar-refractivity contribution in [1.29, 1.82) is 0 Å². The second-order valence-corrected chi connectivity index (χ2v) is 9.68. The molecule has 1 heterocycles. The van der Waals surface area contributed by atoms with Crippen molar-refractivity contribution in [3.63, 3.8) is 0 Å². The van der Waals surface area contributed by atoms with Crippen molar-refractivity contribution in [1.82, 2.24) is 9.55 Å². The number of primary sulfonamides is 1. The lowest BCUT2D eigenvalue weighted by Crippen LogP contribution is -2.16. The van der Waals surface area contributed by atoms with Crippen LogP contribution in [0.5, 0.6) is 0 Å². The molecule has 0 saturated carbocycles. The van der Waals surface area contributed by atoms with Crippen LogP contribution >= 0.6 is 11.8 Å². The van der Waals surface area contributed by atoms with Crippen LogP contribution < -0.4 is 10.5 Å². The molecule has 0 radical (unpaired) electrons. The molecular weight excluding hydrogens is 444 g/mol. The van der Waals surface area contributed by atoms with Crippen molar-refractivity contribution >= 4 is 44.4 Å². The first-order valence-corrected chi connectivity index (χ1v) is 12.5. The highest BCUT2D eigenvalue weighted by atomic mass is 32.2. The van der Waals surface area contributed by atoms with E-state index in [9.17, 15) is 13.2 Å². The molecule has 3 N–H and O–H groups in total. The zero-order valence-electron chi connectivity index (χ0n) is 17.1. The minimum atomic E-state index is -3.84. The first-order valence-electron chi connectivity index (χ1n) is 9.95. The van der Waals surface area contributed by atoms with Crippen LogP contribution in [0.2, 0.25) is 0 Å². The lowest BCUT2D eigenvalue weighted by Gasteiger charge is -2.10. The fourth-order valence-electron chi connectivity index (χ4n) is 3.34. The van der Waals surface area contributed by atoms with Crippen molar-refractivity contribution in [2.45, 2.75) is 23.0 Å².